The number of benzene rings is 2. The summed E-state index contributed by atoms with van der Waals surface area (Å²) in [6, 6.07) is 14.0. The van der Waals surface area contributed by atoms with Crippen LogP contribution in [0.25, 0.3) is 0 Å². The Kier molecular flexibility index (Phi) is 13.1. The number of piperidine rings is 1. The number of amides is 2. The number of carbonyl (C=O) groups is 2. The van der Waals surface area contributed by atoms with Crippen LogP contribution < -0.4 is 15.0 Å². The monoisotopic (exact) mass is 641 g/mol. The Labute approximate surface area is 273 Å². The molecule has 254 valence electrons. The lowest BCUT2D eigenvalue weighted by molar-refractivity contribution is -0.130. The molecule has 2 aliphatic rings. The molecule has 46 heavy (non-hydrogen) atoms. The van der Waals surface area contributed by atoms with Crippen LogP contribution in [0.15, 0.2) is 42.5 Å². The van der Waals surface area contributed by atoms with Crippen LogP contribution in [0.5, 0.6) is 5.75 Å². The Morgan fingerprint density at radius 2 is 1.76 bits per heavy atom. The first kappa shape index (κ1) is 35.5. The maximum atomic E-state index is 12.7. The number of anilines is 1. The molecule has 0 radical (unpaired) electrons. The molecule has 0 spiro atoms. The van der Waals surface area contributed by atoms with E-state index in [0.717, 1.165) is 47.6 Å². The molecule has 11 nitrogen and oxygen atoms in total. The first-order chi connectivity index (χ1) is 22.2. The quantitative estimate of drug-likeness (QED) is 0.252. The van der Waals surface area contributed by atoms with Crippen molar-refractivity contribution < 1.29 is 38.4 Å². The summed E-state index contributed by atoms with van der Waals surface area (Å²) in [5.41, 5.74) is 3.41. The summed E-state index contributed by atoms with van der Waals surface area (Å²) < 4.78 is 28.5. The summed E-state index contributed by atoms with van der Waals surface area (Å²) in [6.45, 7) is 8.80. The standard InChI is InChI=1S/C35H51N3O8/c1-35(2,33(39)36-3)21-28-20-29(27-10-7-25(8-11-27)23-44-18-17-43-5)32(22-38(28)34(40)41)46-24-26-9-12-31-30(19-26)37(14-16-45-31)13-6-15-42-4/h7-12,19,28-29,32H,6,13-18,20-24H2,1-5H3,(H,36,39)(H,40,41)/t28-,29-,32+/m1/s1. The van der Waals surface area contributed by atoms with Crippen LogP contribution in [0, 0.1) is 5.41 Å². The van der Waals surface area contributed by atoms with Gasteiger partial charge in [0.15, 0.2) is 0 Å². The van der Waals surface area contributed by atoms with Crippen LogP contribution in [-0.2, 0) is 37.0 Å². The third kappa shape index (κ3) is 9.34. The van der Waals surface area contributed by atoms with Gasteiger partial charge in [-0.2, -0.15) is 0 Å². The van der Waals surface area contributed by atoms with E-state index in [1.54, 1.807) is 21.3 Å². The lowest BCUT2D eigenvalue weighted by atomic mass is 9.76. The third-order valence-corrected chi connectivity index (χ3v) is 8.96. The number of nitrogens with one attached hydrogen (secondary N) is 1. The van der Waals surface area contributed by atoms with E-state index in [1.165, 1.54) is 4.90 Å². The van der Waals surface area contributed by atoms with Gasteiger partial charge in [-0.05, 0) is 48.1 Å². The zero-order chi connectivity index (χ0) is 33.1. The fourth-order valence-corrected chi connectivity index (χ4v) is 6.45. The summed E-state index contributed by atoms with van der Waals surface area (Å²) in [7, 11) is 4.97. The normalized spacial score (nSPS) is 19.8. The highest BCUT2D eigenvalue weighted by Crippen LogP contribution is 2.39. The van der Waals surface area contributed by atoms with E-state index < -0.39 is 11.5 Å². The molecule has 2 N–H and O–H groups in total. The summed E-state index contributed by atoms with van der Waals surface area (Å²) in [5.74, 6) is 0.669. The predicted molar refractivity (Wildman–Crippen MR) is 176 cm³/mol. The molecule has 0 aromatic heterocycles. The Hall–Kier alpha value is -3.38. The maximum Gasteiger partial charge on any atom is 0.407 e. The van der Waals surface area contributed by atoms with Crippen molar-refractivity contribution in [3.8, 4) is 5.75 Å². The van der Waals surface area contributed by atoms with Crippen LogP contribution in [0.1, 0.15) is 55.7 Å². The average molecular weight is 642 g/mol. The predicted octanol–water partition coefficient (Wildman–Crippen LogP) is 4.67. The second-order valence-corrected chi connectivity index (χ2v) is 12.7. The zero-order valence-electron chi connectivity index (χ0n) is 28.0. The summed E-state index contributed by atoms with van der Waals surface area (Å²) >= 11 is 0. The van der Waals surface area contributed by atoms with Gasteiger partial charge >= 0.3 is 6.09 Å². The smallest absolute Gasteiger partial charge is 0.407 e. The van der Waals surface area contributed by atoms with E-state index in [2.05, 4.69) is 28.4 Å². The molecule has 2 aromatic rings. The molecule has 0 unspecified atom stereocenters. The number of carbonyl (C=O) groups excluding carboxylic acids is 1. The molecule has 11 heteroatoms. The highest BCUT2D eigenvalue weighted by atomic mass is 16.5. The maximum absolute atomic E-state index is 12.7. The highest BCUT2D eigenvalue weighted by Gasteiger charge is 2.43. The van der Waals surface area contributed by atoms with Gasteiger partial charge in [0.1, 0.15) is 12.4 Å². The van der Waals surface area contributed by atoms with Crippen LogP contribution in [0.2, 0.25) is 0 Å². The van der Waals surface area contributed by atoms with Gasteiger partial charge in [-0.15, -0.1) is 0 Å². The molecule has 2 amide bonds. The Morgan fingerprint density at radius 3 is 2.46 bits per heavy atom. The van der Waals surface area contributed by atoms with Gasteiger partial charge in [-0.1, -0.05) is 44.2 Å². The van der Waals surface area contributed by atoms with Crippen LogP contribution >= 0.6 is 0 Å². The second kappa shape index (κ2) is 17.0. The Morgan fingerprint density at radius 1 is 1.02 bits per heavy atom. The average Bonchev–Trinajstić information content (AvgIpc) is 3.05. The fraction of sp³-hybridized carbons (Fsp3) is 0.600. The van der Waals surface area contributed by atoms with Crippen molar-refractivity contribution in [2.45, 2.75) is 64.4 Å². The summed E-state index contributed by atoms with van der Waals surface area (Å²) in [5, 5.41) is 13.0. The number of nitrogens with zero attached hydrogens (tertiary/aromatic N) is 2. The van der Waals surface area contributed by atoms with Crippen molar-refractivity contribution in [2.75, 3.05) is 72.2 Å². The van der Waals surface area contributed by atoms with Crippen LogP contribution in [0.3, 0.4) is 0 Å². The number of ether oxygens (including phenoxy) is 5. The molecule has 1 fully saturated rings. The molecule has 0 saturated carbocycles. The van der Waals surface area contributed by atoms with Crippen LogP contribution in [-0.4, -0.2) is 101 Å². The molecule has 1 saturated heterocycles. The fourth-order valence-electron chi connectivity index (χ4n) is 6.45. The van der Waals surface area contributed by atoms with E-state index in [0.29, 0.717) is 52.5 Å². The minimum atomic E-state index is -1.01. The van der Waals surface area contributed by atoms with Gasteiger partial charge in [0.25, 0.3) is 0 Å². The number of hydrogen-bond acceptors (Lipinski definition) is 8. The zero-order valence-corrected chi connectivity index (χ0v) is 28.0. The van der Waals surface area contributed by atoms with Gasteiger partial charge in [0.2, 0.25) is 5.91 Å². The first-order valence-corrected chi connectivity index (χ1v) is 16.1. The van der Waals surface area contributed by atoms with Crippen molar-refractivity contribution in [1.82, 2.24) is 10.2 Å². The number of hydrogen-bond donors (Lipinski definition) is 2. The molecule has 3 atom stereocenters. The minimum absolute atomic E-state index is 0.0731. The third-order valence-electron chi connectivity index (χ3n) is 8.96. The van der Waals surface area contributed by atoms with Crippen LogP contribution in [0.4, 0.5) is 10.5 Å². The minimum Gasteiger partial charge on any atom is -0.490 e. The molecule has 2 heterocycles. The lowest BCUT2D eigenvalue weighted by Crippen LogP contribution is -2.54. The van der Waals surface area contributed by atoms with Gasteiger partial charge in [-0.3, -0.25) is 4.79 Å². The lowest BCUT2D eigenvalue weighted by Gasteiger charge is -2.45. The first-order valence-electron chi connectivity index (χ1n) is 16.1. The van der Waals surface area contributed by atoms with Gasteiger partial charge < -0.3 is 43.9 Å². The molecule has 4 rings (SSSR count). The Balaban J connectivity index is 1.55. The number of likely N-dealkylation sites (tertiary alicyclic amines) is 1. The van der Waals surface area contributed by atoms with E-state index in [1.807, 2.05) is 38.1 Å². The number of fused-ring (bicyclic) bond motifs is 1. The largest absolute Gasteiger partial charge is 0.490 e. The highest BCUT2D eigenvalue weighted by molar-refractivity contribution is 5.81. The molecule has 2 aliphatic heterocycles. The number of carboxylic acid groups (broad SMARTS) is 1. The SMILES string of the molecule is CNC(=O)C(C)(C)C[C@H]1C[C@H](c2ccc(COCCOC)cc2)[C@@H](OCc2ccc3c(c2)N(CCCOC)CCO3)CN1C(=O)O. The van der Waals surface area contributed by atoms with Crippen molar-refractivity contribution >= 4 is 17.7 Å². The number of methoxy groups -OCH3 is 2. The molecular formula is C35H51N3O8. The summed E-state index contributed by atoms with van der Waals surface area (Å²) in [6.07, 6.45) is 0.459. The van der Waals surface area contributed by atoms with E-state index in [-0.39, 0.29) is 30.5 Å². The van der Waals surface area contributed by atoms with Crippen molar-refractivity contribution in [2.24, 2.45) is 5.41 Å². The van der Waals surface area contributed by atoms with E-state index in [9.17, 15) is 14.7 Å². The molecule has 0 bridgehead atoms. The van der Waals surface area contributed by atoms with Crippen molar-refractivity contribution in [1.29, 1.82) is 0 Å². The second-order valence-electron chi connectivity index (χ2n) is 12.7. The topological polar surface area (TPSA) is 119 Å². The van der Waals surface area contributed by atoms with Crippen molar-refractivity contribution in [3.63, 3.8) is 0 Å². The number of rotatable bonds is 16. The van der Waals surface area contributed by atoms with E-state index in [4.69, 9.17) is 23.7 Å². The molecule has 0 aliphatic carbocycles. The summed E-state index contributed by atoms with van der Waals surface area (Å²) in [4.78, 5) is 29.0. The molecule has 2 aromatic carbocycles. The van der Waals surface area contributed by atoms with Crippen molar-refractivity contribution in [3.05, 3.63) is 59.2 Å². The van der Waals surface area contributed by atoms with Gasteiger partial charge in [-0.25, -0.2) is 4.79 Å². The van der Waals surface area contributed by atoms with E-state index >= 15 is 0 Å². The van der Waals surface area contributed by atoms with Gasteiger partial charge in [0.05, 0.1) is 51.3 Å². The molecular weight excluding hydrogens is 590 g/mol. The Bertz CT molecular complexity index is 1270. The van der Waals surface area contributed by atoms with Gasteiger partial charge in [0, 0.05) is 51.8 Å².